The Morgan fingerprint density at radius 2 is 1.93 bits per heavy atom. The van der Waals surface area contributed by atoms with E-state index >= 15 is 0 Å². The second-order valence-electron chi connectivity index (χ2n) is 2.85. The van der Waals surface area contributed by atoms with Crippen LogP contribution in [0.15, 0.2) is 24.3 Å². The molecule has 1 aromatic carbocycles. The fourth-order valence-corrected chi connectivity index (χ4v) is 2.21. The van der Waals surface area contributed by atoms with Gasteiger partial charge < -0.3 is 19.1 Å². The van der Waals surface area contributed by atoms with Crippen molar-refractivity contribution in [2.45, 2.75) is 13.1 Å². The Morgan fingerprint density at radius 3 is 2.40 bits per heavy atom. The van der Waals surface area contributed by atoms with Gasteiger partial charge in [-0.3, -0.25) is 0 Å². The first-order valence-corrected chi connectivity index (χ1v) is 5.99. The fraction of sp³-hybridized carbons (Fsp3) is 0.333. The molecule has 0 saturated carbocycles. The topological polar surface area (TPSA) is 69.6 Å². The van der Waals surface area contributed by atoms with E-state index in [0.717, 1.165) is 0 Å². The summed E-state index contributed by atoms with van der Waals surface area (Å²) in [5.41, 5.74) is 0.606. The third-order valence-corrected chi connectivity index (χ3v) is 3.04. The molecule has 1 atom stereocenters. The van der Waals surface area contributed by atoms with Crippen LogP contribution in [0.5, 0.6) is 5.75 Å². The number of benzene rings is 1. The molecule has 6 heteroatoms. The van der Waals surface area contributed by atoms with Gasteiger partial charge in [0.2, 0.25) is 0 Å². The second kappa shape index (κ2) is 6.69. The number of phenolic OH excluding ortho intramolecular Hbond substituents is 1. The Balaban J connectivity index is 0.00000196. The third kappa shape index (κ3) is 5.71. The summed E-state index contributed by atoms with van der Waals surface area (Å²) in [6.45, 7) is 1.78. The zero-order valence-electron chi connectivity index (χ0n) is 8.84. The van der Waals surface area contributed by atoms with E-state index in [4.69, 9.17) is 5.11 Å². The summed E-state index contributed by atoms with van der Waals surface area (Å²) in [5, 5.41) is 8.98. The summed E-state index contributed by atoms with van der Waals surface area (Å²) in [6, 6.07) is 6.00. The van der Waals surface area contributed by atoms with E-state index in [2.05, 4.69) is 4.52 Å². The molecular weight excluding hydrogens is 226 g/mol. The van der Waals surface area contributed by atoms with Crippen LogP contribution < -0.4 is 34.5 Å². The molecule has 78 valence electrons. The fourth-order valence-electron chi connectivity index (χ4n) is 1.07. The second-order valence-corrected chi connectivity index (χ2v) is 4.65. The summed E-state index contributed by atoms with van der Waals surface area (Å²) in [6.07, 6.45) is -0.138. The largest absolute Gasteiger partial charge is 1.00 e. The van der Waals surface area contributed by atoms with Crippen LogP contribution in [0, 0.1) is 0 Å². The third-order valence-electron chi connectivity index (χ3n) is 1.64. The summed E-state index contributed by atoms with van der Waals surface area (Å²) >= 11 is 0. The van der Waals surface area contributed by atoms with Crippen molar-refractivity contribution in [1.29, 1.82) is 0 Å². The monoisotopic (exact) mass is 238 g/mol. The molecule has 0 fully saturated rings. The Kier molecular flexibility index (Phi) is 6.76. The van der Waals surface area contributed by atoms with Gasteiger partial charge in [0.1, 0.15) is 13.3 Å². The molecule has 0 saturated heterocycles. The van der Waals surface area contributed by atoms with E-state index in [1.165, 1.54) is 12.1 Å². The predicted molar refractivity (Wildman–Crippen MR) is 51.0 cm³/mol. The van der Waals surface area contributed by atoms with Crippen LogP contribution in [0.2, 0.25) is 0 Å². The van der Waals surface area contributed by atoms with Crippen molar-refractivity contribution < 1.29 is 48.6 Å². The van der Waals surface area contributed by atoms with Crippen LogP contribution in [-0.2, 0) is 15.3 Å². The van der Waals surface area contributed by atoms with Gasteiger partial charge in [-0.25, -0.2) is 0 Å². The normalized spacial score (nSPS) is 14.0. The minimum atomic E-state index is -3.76. The molecule has 1 aromatic rings. The first kappa shape index (κ1) is 15.2. The predicted octanol–water partition coefficient (Wildman–Crippen LogP) is -1.51. The smallest absolute Gasteiger partial charge is 0.778 e. The van der Waals surface area contributed by atoms with Gasteiger partial charge in [0.15, 0.2) is 0 Å². The molecule has 0 aromatic heterocycles. The molecule has 1 N–H and O–H groups in total. The van der Waals surface area contributed by atoms with E-state index < -0.39 is 7.60 Å². The van der Waals surface area contributed by atoms with Crippen LogP contribution in [0.3, 0.4) is 0 Å². The molecule has 15 heavy (non-hydrogen) atoms. The van der Waals surface area contributed by atoms with Gasteiger partial charge in [-0.05, 0) is 24.6 Å². The summed E-state index contributed by atoms with van der Waals surface area (Å²) in [4.78, 5) is 11.2. The Hall–Kier alpha value is 0.170. The van der Waals surface area contributed by atoms with Crippen LogP contribution in [0.1, 0.15) is 12.5 Å². The van der Waals surface area contributed by atoms with Gasteiger partial charge >= 0.3 is 29.6 Å². The zero-order valence-corrected chi connectivity index (χ0v) is 11.7. The molecule has 0 aliphatic heterocycles. The molecule has 0 aliphatic rings. The van der Waals surface area contributed by atoms with Crippen LogP contribution in [-0.4, -0.2) is 11.7 Å². The number of rotatable bonds is 4. The number of phenols is 1. The zero-order chi connectivity index (χ0) is 10.6. The molecule has 1 rings (SSSR count). The van der Waals surface area contributed by atoms with Gasteiger partial charge in [0.25, 0.3) is 0 Å². The first-order valence-electron chi connectivity index (χ1n) is 4.26. The summed E-state index contributed by atoms with van der Waals surface area (Å²) in [5.74, 6) is 0.117. The average Bonchev–Trinajstić information content (AvgIpc) is 2.08. The van der Waals surface area contributed by atoms with Crippen LogP contribution >= 0.6 is 7.60 Å². The minimum absolute atomic E-state index is 0. The van der Waals surface area contributed by atoms with Gasteiger partial charge in [-0.1, -0.05) is 12.1 Å². The maximum atomic E-state index is 11.2. The maximum Gasteiger partial charge on any atom is 1.00 e. The number of hydrogen-bond donors (Lipinski definition) is 1. The van der Waals surface area contributed by atoms with Crippen LogP contribution in [0.25, 0.3) is 0 Å². The Bertz CT molecular complexity index is 338. The summed E-state index contributed by atoms with van der Waals surface area (Å²) < 4.78 is 15.8. The Morgan fingerprint density at radius 1 is 1.40 bits per heavy atom. The molecule has 0 bridgehead atoms. The van der Waals surface area contributed by atoms with Gasteiger partial charge in [-0.15, -0.1) is 0 Å². The first-order chi connectivity index (χ1) is 6.53. The standard InChI is InChI=1S/C9H13O4P.Na/c1-2-13-14(11,12)7-8-3-5-9(10)6-4-8;/h3-6,10H,2,7H2,1H3,(H,11,12);/q;+1/p-1. The van der Waals surface area contributed by atoms with E-state index in [1.54, 1.807) is 19.1 Å². The van der Waals surface area contributed by atoms with Crippen LogP contribution in [0.4, 0.5) is 0 Å². The van der Waals surface area contributed by atoms with E-state index in [1.807, 2.05) is 0 Å². The van der Waals surface area contributed by atoms with Gasteiger partial charge in [0, 0.05) is 6.16 Å². The maximum absolute atomic E-state index is 11.2. The van der Waals surface area contributed by atoms with Crippen molar-refractivity contribution in [2.24, 2.45) is 0 Å². The Labute approximate surface area is 111 Å². The number of hydrogen-bond acceptors (Lipinski definition) is 4. The van der Waals surface area contributed by atoms with Crippen molar-refractivity contribution in [2.75, 3.05) is 6.61 Å². The van der Waals surface area contributed by atoms with Crippen molar-refractivity contribution in [3.8, 4) is 5.75 Å². The molecule has 0 heterocycles. The molecule has 0 radical (unpaired) electrons. The SMILES string of the molecule is CCOP(=O)([O-])Cc1ccc(O)cc1.[Na+]. The molecule has 0 spiro atoms. The molecular formula is C9H12NaO4P. The average molecular weight is 238 g/mol. The van der Waals surface area contributed by atoms with Crippen molar-refractivity contribution in [1.82, 2.24) is 0 Å². The quantitative estimate of drug-likeness (QED) is 0.511. The molecule has 0 aliphatic carbocycles. The number of aromatic hydroxyl groups is 1. The van der Waals surface area contributed by atoms with E-state index in [9.17, 15) is 9.46 Å². The van der Waals surface area contributed by atoms with Gasteiger partial charge in [-0.2, -0.15) is 0 Å². The summed E-state index contributed by atoms with van der Waals surface area (Å²) in [7, 11) is -3.76. The van der Waals surface area contributed by atoms with Gasteiger partial charge in [0.05, 0.1) is 6.61 Å². The van der Waals surface area contributed by atoms with Crippen molar-refractivity contribution in [3.05, 3.63) is 29.8 Å². The van der Waals surface area contributed by atoms with Crippen molar-refractivity contribution in [3.63, 3.8) is 0 Å². The molecule has 0 amide bonds. The van der Waals surface area contributed by atoms with E-state index in [-0.39, 0.29) is 48.1 Å². The van der Waals surface area contributed by atoms with E-state index in [0.29, 0.717) is 5.56 Å². The molecule has 1 unspecified atom stereocenters. The van der Waals surface area contributed by atoms with Crippen molar-refractivity contribution >= 4 is 7.60 Å². The molecule has 4 nitrogen and oxygen atoms in total. The minimum Gasteiger partial charge on any atom is -0.778 e.